The minimum atomic E-state index is 0.529. The highest BCUT2D eigenvalue weighted by atomic mass is 35.5. The van der Waals surface area contributed by atoms with Crippen molar-refractivity contribution in [1.82, 2.24) is 14.9 Å². The van der Waals surface area contributed by atoms with Gasteiger partial charge in [-0.25, -0.2) is 4.98 Å². The average Bonchev–Trinajstić information content (AvgIpc) is 3.08. The summed E-state index contributed by atoms with van der Waals surface area (Å²) in [6.07, 6.45) is 2.28. The number of likely N-dealkylation sites (tertiary alicyclic amines) is 1. The molecule has 0 bridgehead atoms. The van der Waals surface area contributed by atoms with Crippen LogP contribution >= 0.6 is 11.6 Å². The highest BCUT2D eigenvalue weighted by Crippen LogP contribution is 2.27. The third-order valence-corrected chi connectivity index (χ3v) is 5.12. The summed E-state index contributed by atoms with van der Waals surface area (Å²) in [6.45, 7) is 3.84. The number of H-pyrrole nitrogens is 1. The first-order valence-electron chi connectivity index (χ1n) is 8.83. The molecule has 1 saturated heterocycles. The van der Waals surface area contributed by atoms with Gasteiger partial charge in [0.05, 0.1) is 11.0 Å². The van der Waals surface area contributed by atoms with Crippen molar-refractivity contribution in [3.05, 3.63) is 59.4 Å². The zero-order valence-electron chi connectivity index (χ0n) is 14.1. The molecular formula is C20H22ClN3O. The van der Waals surface area contributed by atoms with E-state index in [9.17, 15) is 0 Å². The molecule has 5 heteroatoms. The first-order chi connectivity index (χ1) is 12.3. The van der Waals surface area contributed by atoms with Crippen molar-refractivity contribution < 1.29 is 4.74 Å². The van der Waals surface area contributed by atoms with Gasteiger partial charge in [0.15, 0.2) is 0 Å². The molecule has 3 aromatic rings. The zero-order valence-corrected chi connectivity index (χ0v) is 14.9. The highest BCUT2D eigenvalue weighted by Gasteiger charge is 2.22. The molecule has 0 aliphatic carbocycles. The lowest BCUT2D eigenvalue weighted by atomic mass is 9.96. The van der Waals surface area contributed by atoms with Crippen LogP contribution in [-0.4, -0.2) is 41.1 Å². The van der Waals surface area contributed by atoms with E-state index >= 15 is 0 Å². The third-order valence-electron chi connectivity index (χ3n) is 4.87. The van der Waals surface area contributed by atoms with Gasteiger partial charge in [0.1, 0.15) is 18.2 Å². The quantitative estimate of drug-likeness (QED) is 0.733. The van der Waals surface area contributed by atoms with Crippen molar-refractivity contribution in [3.8, 4) is 5.75 Å². The van der Waals surface area contributed by atoms with Gasteiger partial charge < -0.3 is 9.72 Å². The Balaban J connectivity index is 1.26. The second kappa shape index (κ2) is 7.46. The number of ether oxygens (including phenoxy) is 1. The number of nitrogens with zero attached hydrogens (tertiary/aromatic N) is 2. The number of hydrogen-bond acceptors (Lipinski definition) is 3. The largest absolute Gasteiger partial charge is 0.492 e. The van der Waals surface area contributed by atoms with Crippen LogP contribution < -0.4 is 4.74 Å². The predicted octanol–water partition coefficient (Wildman–Crippen LogP) is 4.47. The summed E-state index contributed by atoms with van der Waals surface area (Å²) in [5, 5.41) is 0.736. The molecule has 0 unspecified atom stereocenters. The van der Waals surface area contributed by atoms with E-state index in [0.29, 0.717) is 12.5 Å². The van der Waals surface area contributed by atoms with Crippen molar-refractivity contribution in [2.75, 3.05) is 26.2 Å². The van der Waals surface area contributed by atoms with Crippen LogP contribution in [0.25, 0.3) is 11.0 Å². The summed E-state index contributed by atoms with van der Waals surface area (Å²) in [5.41, 5.74) is 2.20. The van der Waals surface area contributed by atoms with Gasteiger partial charge in [0.25, 0.3) is 0 Å². The molecular weight excluding hydrogens is 334 g/mol. The first kappa shape index (κ1) is 16.4. The number of fused-ring (bicyclic) bond motifs is 1. The maximum Gasteiger partial charge on any atom is 0.119 e. The number of halogens is 1. The van der Waals surface area contributed by atoms with Gasteiger partial charge in [0.2, 0.25) is 0 Å². The molecule has 4 nitrogen and oxygen atoms in total. The molecule has 0 radical (unpaired) electrons. The van der Waals surface area contributed by atoms with Gasteiger partial charge in [-0.15, -0.1) is 0 Å². The lowest BCUT2D eigenvalue weighted by Crippen LogP contribution is -2.36. The Hall–Kier alpha value is -2.04. The van der Waals surface area contributed by atoms with Crippen LogP contribution in [0.4, 0.5) is 0 Å². The van der Waals surface area contributed by atoms with E-state index in [2.05, 4.69) is 22.0 Å². The van der Waals surface area contributed by atoms with Crippen molar-refractivity contribution in [2.24, 2.45) is 0 Å². The molecule has 0 amide bonds. The van der Waals surface area contributed by atoms with Crippen molar-refractivity contribution in [3.63, 3.8) is 0 Å². The number of nitrogens with one attached hydrogen (secondary N) is 1. The Labute approximate surface area is 152 Å². The Morgan fingerprint density at radius 1 is 1.08 bits per heavy atom. The van der Waals surface area contributed by atoms with E-state index in [1.807, 2.05) is 36.4 Å². The zero-order chi connectivity index (χ0) is 17.1. The van der Waals surface area contributed by atoms with Crippen LogP contribution in [0.2, 0.25) is 5.02 Å². The standard InChI is InChI=1S/C20H22ClN3O/c21-16-5-7-17(8-6-16)25-14-13-24-11-9-15(10-12-24)20-22-18-3-1-2-4-19(18)23-20/h1-8,15H,9-14H2,(H,22,23). The molecule has 130 valence electrons. The van der Waals surface area contributed by atoms with Crippen molar-refractivity contribution in [2.45, 2.75) is 18.8 Å². The summed E-state index contributed by atoms with van der Waals surface area (Å²) in [6, 6.07) is 15.8. The molecule has 1 aliphatic heterocycles. The minimum absolute atomic E-state index is 0.529. The topological polar surface area (TPSA) is 41.1 Å². The smallest absolute Gasteiger partial charge is 0.119 e. The van der Waals surface area contributed by atoms with Gasteiger partial charge in [0, 0.05) is 17.5 Å². The van der Waals surface area contributed by atoms with Crippen molar-refractivity contribution >= 4 is 22.6 Å². The molecule has 0 spiro atoms. The molecule has 0 atom stereocenters. The maximum atomic E-state index is 5.89. The number of piperidine rings is 1. The van der Waals surface area contributed by atoms with E-state index in [4.69, 9.17) is 21.3 Å². The second-order valence-electron chi connectivity index (χ2n) is 6.56. The number of aromatic nitrogens is 2. The van der Waals surface area contributed by atoms with Crippen LogP contribution in [-0.2, 0) is 0 Å². The molecule has 25 heavy (non-hydrogen) atoms. The van der Waals surface area contributed by atoms with Gasteiger partial charge >= 0.3 is 0 Å². The van der Waals surface area contributed by atoms with Gasteiger partial charge in [-0.3, -0.25) is 4.90 Å². The fraction of sp³-hybridized carbons (Fsp3) is 0.350. The van der Waals surface area contributed by atoms with E-state index < -0.39 is 0 Å². The normalized spacial score (nSPS) is 16.4. The molecule has 1 N–H and O–H groups in total. The van der Waals surface area contributed by atoms with Gasteiger partial charge in [-0.1, -0.05) is 23.7 Å². The van der Waals surface area contributed by atoms with E-state index in [0.717, 1.165) is 60.1 Å². The lowest BCUT2D eigenvalue weighted by molar-refractivity contribution is 0.172. The number of hydrogen-bond donors (Lipinski definition) is 1. The Morgan fingerprint density at radius 2 is 1.84 bits per heavy atom. The second-order valence-corrected chi connectivity index (χ2v) is 6.99. The molecule has 1 aliphatic rings. The van der Waals surface area contributed by atoms with Gasteiger partial charge in [-0.2, -0.15) is 0 Å². The van der Waals surface area contributed by atoms with Crippen LogP contribution in [0.3, 0.4) is 0 Å². The Bertz CT molecular complexity index is 789. The Kier molecular flexibility index (Phi) is 4.90. The molecule has 2 heterocycles. The average molecular weight is 356 g/mol. The third kappa shape index (κ3) is 3.97. The fourth-order valence-corrected chi connectivity index (χ4v) is 3.55. The molecule has 1 fully saturated rings. The summed E-state index contributed by atoms with van der Waals surface area (Å²) in [4.78, 5) is 10.7. The maximum absolute atomic E-state index is 5.89. The summed E-state index contributed by atoms with van der Waals surface area (Å²) in [5.74, 6) is 2.54. The predicted molar refractivity (Wildman–Crippen MR) is 101 cm³/mol. The number of benzene rings is 2. The number of aromatic amines is 1. The van der Waals surface area contributed by atoms with Crippen LogP contribution in [0.5, 0.6) is 5.75 Å². The molecule has 0 saturated carbocycles. The van der Waals surface area contributed by atoms with Crippen molar-refractivity contribution in [1.29, 1.82) is 0 Å². The van der Waals surface area contributed by atoms with E-state index in [1.54, 1.807) is 0 Å². The molecule has 2 aromatic carbocycles. The molecule has 1 aromatic heterocycles. The monoisotopic (exact) mass is 355 g/mol. The molecule has 4 rings (SSSR count). The Morgan fingerprint density at radius 3 is 2.60 bits per heavy atom. The number of rotatable bonds is 5. The van der Waals surface area contributed by atoms with Crippen LogP contribution in [0.15, 0.2) is 48.5 Å². The summed E-state index contributed by atoms with van der Waals surface area (Å²) in [7, 11) is 0. The van der Waals surface area contributed by atoms with Crippen LogP contribution in [0, 0.1) is 0 Å². The first-order valence-corrected chi connectivity index (χ1v) is 9.21. The van der Waals surface area contributed by atoms with E-state index in [1.165, 1.54) is 0 Å². The summed E-state index contributed by atoms with van der Waals surface area (Å²) >= 11 is 5.89. The number of para-hydroxylation sites is 2. The minimum Gasteiger partial charge on any atom is -0.492 e. The van der Waals surface area contributed by atoms with E-state index in [-0.39, 0.29) is 0 Å². The summed E-state index contributed by atoms with van der Waals surface area (Å²) < 4.78 is 5.80. The lowest BCUT2D eigenvalue weighted by Gasteiger charge is -2.30. The SMILES string of the molecule is Clc1ccc(OCCN2CCC(c3nc4ccccc4[nH]3)CC2)cc1. The van der Waals surface area contributed by atoms with Crippen LogP contribution in [0.1, 0.15) is 24.6 Å². The number of imidazole rings is 1. The highest BCUT2D eigenvalue weighted by molar-refractivity contribution is 6.30. The fourth-order valence-electron chi connectivity index (χ4n) is 3.42. The van der Waals surface area contributed by atoms with Gasteiger partial charge in [-0.05, 0) is 62.3 Å².